The fraction of sp³-hybridized carbons (Fsp3) is 0.545. The standard InChI is InChI=1S/C11H17NO4S2/c1-5-11(3,4)12-18(15,16)9-6-8(10(13)14)17-7(9)2/h6,12H,5H2,1-4H3,(H,13,14). The van der Waals surface area contributed by atoms with E-state index in [4.69, 9.17) is 5.11 Å². The summed E-state index contributed by atoms with van der Waals surface area (Å²) in [6.07, 6.45) is 0.640. The van der Waals surface area contributed by atoms with E-state index in [2.05, 4.69) is 4.72 Å². The fourth-order valence-corrected chi connectivity index (χ4v) is 4.24. The number of rotatable bonds is 5. The number of carboxylic acid groups (broad SMARTS) is 1. The number of carbonyl (C=O) groups is 1. The Bertz CT molecular complexity index is 558. The number of hydrogen-bond acceptors (Lipinski definition) is 4. The van der Waals surface area contributed by atoms with Gasteiger partial charge in [0.05, 0.1) is 4.90 Å². The van der Waals surface area contributed by atoms with Gasteiger partial charge in [0.1, 0.15) is 4.88 Å². The number of aryl methyl sites for hydroxylation is 1. The predicted octanol–water partition coefficient (Wildman–Crippen LogP) is 2.22. The summed E-state index contributed by atoms with van der Waals surface area (Å²) in [6, 6.07) is 1.20. The molecule has 0 amide bonds. The van der Waals surface area contributed by atoms with E-state index in [1.807, 2.05) is 6.92 Å². The highest BCUT2D eigenvalue weighted by Crippen LogP contribution is 2.27. The Morgan fingerprint density at radius 3 is 2.44 bits per heavy atom. The molecule has 0 aliphatic carbocycles. The van der Waals surface area contributed by atoms with Crippen molar-refractivity contribution in [2.75, 3.05) is 0 Å². The lowest BCUT2D eigenvalue weighted by Gasteiger charge is -2.23. The van der Waals surface area contributed by atoms with Crippen LogP contribution in [0.15, 0.2) is 11.0 Å². The lowest BCUT2D eigenvalue weighted by atomic mass is 10.0. The van der Waals surface area contributed by atoms with Crippen LogP contribution in [0.1, 0.15) is 41.7 Å². The molecule has 0 aliphatic rings. The second-order valence-corrected chi connectivity index (χ2v) is 7.59. The Balaban J connectivity index is 3.17. The van der Waals surface area contributed by atoms with Crippen LogP contribution in [0.25, 0.3) is 0 Å². The highest BCUT2D eigenvalue weighted by Gasteiger charge is 2.28. The summed E-state index contributed by atoms with van der Waals surface area (Å²) in [5.41, 5.74) is -0.559. The summed E-state index contributed by atoms with van der Waals surface area (Å²) in [7, 11) is -3.68. The molecule has 0 aromatic carbocycles. The summed E-state index contributed by atoms with van der Waals surface area (Å²) < 4.78 is 26.9. The molecule has 0 spiro atoms. The van der Waals surface area contributed by atoms with E-state index < -0.39 is 21.5 Å². The minimum absolute atomic E-state index is 0.0298. The second kappa shape index (κ2) is 4.99. The van der Waals surface area contributed by atoms with E-state index in [1.165, 1.54) is 6.07 Å². The summed E-state index contributed by atoms with van der Waals surface area (Å²) in [4.78, 5) is 11.4. The average Bonchev–Trinajstić information content (AvgIpc) is 2.60. The van der Waals surface area contributed by atoms with Gasteiger partial charge in [-0.3, -0.25) is 0 Å². The van der Waals surface area contributed by atoms with Crippen molar-refractivity contribution < 1.29 is 18.3 Å². The summed E-state index contributed by atoms with van der Waals surface area (Å²) in [6.45, 7) is 7.05. The zero-order valence-electron chi connectivity index (χ0n) is 10.8. The maximum Gasteiger partial charge on any atom is 0.345 e. The number of aromatic carboxylic acids is 1. The van der Waals surface area contributed by atoms with Gasteiger partial charge < -0.3 is 5.11 Å². The first kappa shape index (κ1) is 15.1. The molecule has 5 nitrogen and oxygen atoms in total. The number of nitrogens with one attached hydrogen (secondary N) is 1. The quantitative estimate of drug-likeness (QED) is 0.871. The van der Waals surface area contributed by atoms with E-state index in [0.717, 1.165) is 11.3 Å². The SMILES string of the molecule is CCC(C)(C)NS(=O)(=O)c1cc(C(=O)O)sc1C. The summed E-state index contributed by atoms with van der Waals surface area (Å²) in [5.74, 6) is -1.11. The molecule has 0 atom stereocenters. The summed E-state index contributed by atoms with van der Waals surface area (Å²) >= 11 is 0.964. The van der Waals surface area contributed by atoms with E-state index >= 15 is 0 Å². The minimum Gasteiger partial charge on any atom is -0.477 e. The topological polar surface area (TPSA) is 83.5 Å². The van der Waals surface area contributed by atoms with Crippen LogP contribution in [0.2, 0.25) is 0 Å². The summed E-state index contributed by atoms with van der Waals surface area (Å²) in [5, 5.41) is 8.86. The molecule has 0 saturated carbocycles. The first-order valence-corrected chi connectivity index (χ1v) is 7.77. The Morgan fingerprint density at radius 2 is 2.06 bits per heavy atom. The van der Waals surface area contributed by atoms with Crippen molar-refractivity contribution in [2.45, 2.75) is 44.6 Å². The van der Waals surface area contributed by atoms with Gasteiger partial charge in [-0.2, -0.15) is 0 Å². The molecule has 0 bridgehead atoms. The molecular weight excluding hydrogens is 274 g/mol. The van der Waals surface area contributed by atoms with Gasteiger partial charge in [0.15, 0.2) is 0 Å². The average molecular weight is 291 g/mol. The molecule has 102 valence electrons. The van der Waals surface area contributed by atoms with Crippen LogP contribution in [-0.4, -0.2) is 25.0 Å². The van der Waals surface area contributed by atoms with E-state index in [-0.39, 0.29) is 9.77 Å². The molecule has 18 heavy (non-hydrogen) atoms. The Kier molecular flexibility index (Phi) is 4.19. The molecule has 2 N–H and O–H groups in total. The predicted molar refractivity (Wildman–Crippen MR) is 70.7 cm³/mol. The molecule has 1 aromatic rings. The van der Waals surface area contributed by atoms with Gasteiger partial charge in [0.2, 0.25) is 10.0 Å². The number of thiophene rings is 1. The van der Waals surface area contributed by atoms with Gasteiger partial charge in [0.25, 0.3) is 0 Å². The zero-order valence-corrected chi connectivity index (χ0v) is 12.4. The van der Waals surface area contributed by atoms with Gasteiger partial charge >= 0.3 is 5.97 Å². The second-order valence-electron chi connectivity index (χ2n) is 4.68. The molecule has 1 aromatic heterocycles. The zero-order chi connectivity index (χ0) is 14.1. The van der Waals surface area contributed by atoms with Crippen LogP contribution in [0.3, 0.4) is 0 Å². The van der Waals surface area contributed by atoms with Crippen LogP contribution in [-0.2, 0) is 10.0 Å². The molecule has 0 aliphatic heterocycles. The maximum atomic E-state index is 12.2. The van der Waals surface area contributed by atoms with Crippen molar-refractivity contribution in [2.24, 2.45) is 0 Å². The van der Waals surface area contributed by atoms with Gasteiger partial charge in [0, 0.05) is 10.4 Å². The highest BCUT2D eigenvalue weighted by atomic mass is 32.2. The molecular formula is C11H17NO4S2. The lowest BCUT2D eigenvalue weighted by molar-refractivity contribution is 0.0702. The smallest absolute Gasteiger partial charge is 0.345 e. The molecule has 0 fully saturated rings. The molecule has 0 unspecified atom stereocenters. The van der Waals surface area contributed by atoms with Crippen LogP contribution in [0, 0.1) is 6.92 Å². The Hall–Kier alpha value is -0.920. The van der Waals surface area contributed by atoms with E-state index in [0.29, 0.717) is 11.3 Å². The Labute approximate surface area is 111 Å². The fourth-order valence-electron chi connectivity index (χ4n) is 1.33. The van der Waals surface area contributed by atoms with Crippen LogP contribution < -0.4 is 4.72 Å². The van der Waals surface area contributed by atoms with Crippen molar-refractivity contribution in [1.82, 2.24) is 4.72 Å². The molecule has 1 rings (SSSR count). The van der Waals surface area contributed by atoms with Crippen LogP contribution >= 0.6 is 11.3 Å². The lowest BCUT2D eigenvalue weighted by Crippen LogP contribution is -2.42. The molecule has 0 radical (unpaired) electrons. The normalized spacial score (nSPS) is 12.7. The number of hydrogen-bond donors (Lipinski definition) is 2. The monoisotopic (exact) mass is 291 g/mol. The first-order valence-electron chi connectivity index (χ1n) is 5.47. The van der Waals surface area contributed by atoms with Crippen molar-refractivity contribution in [3.63, 3.8) is 0 Å². The number of carboxylic acids is 1. The van der Waals surface area contributed by atoms with Crippen LogP contribution in [0.4, 0.5) is 0 Å². The van der Waals surface area contributed by atoms with Gasteiger partial charge in [-0.1, -0.05) is 6.92 Å². The van der Waals surface area contributed by atoms with Gasteiger partial charge in [-0.25, -0.2) is 17.9 Å². The first-order chi connectivity index (χ1) is 8.09. The third-order valence-corrected chi connectivity index (χ3v) is 5.66. The Morgan fingerprint density at radius 1 is 1.50 bits per heavy atom. The molecule has 1 heterocycles. The number of sulfonamides is 1. The van der Waals surface area contributed by atoms with Crippen molar-refractivity contribution in [1.29, 1.82) is 0 Å². The third kappa shape index (κ3) is 3.30. The van der Waals surface area contributed by atoms with E-state index in [9.17, 15) is 13.2 Å². The largest absolute Gasteiger partial charge is 0.477 e. The molecule has 0 saturated heterocycles. The maximum absolute atomic E-state index is 12.2. The van der Waals surface area contributed by atoms with Gasteiger partial charge in [-0.15, -0.1) is 11.3 Å². The van der Waals surface area contributed by atoms with E-state index in [1.54, 1.807) is 20.8 Å². The van der Waals surface area contributed by atoms with Crippen LogP contribution in [0.5, 0.6) is 0 Å². The van der Waals surface area contributed by atoms with Crippen molar-refractivity contribution >= 4 is 27.3 Å². The van der Waals surface area contributed by atoms with Crippen molar-refractivity contribution in [3.8, 4) is 0 Å². The minimum atomic E-state index is -3.68. The third-order valence-electron chi connectivity index (χ3n) is 2.67. The molecule has 7 heteroatoms. The highest BCUT2D eigenvalue weighted by molar-refractivity contribution is 7.89. The van der Waals surface area contributed by atoms with Crippen molar-refractivity contribution in [3.05, 3.63) is 15.8 Å². The van der Waals surface area contributed by atoms with Gasteiger partial charge in [-0.05, 0) is 33.3 Å².